The van der Waals surface area contributed by atoms with E-state index in [4.69, 9.17) is 4.74 Å². The van der Waals surface area contributed by atoms with E-state index in [-0.39, 0.29) is 18.1 Å². The number of nitrogens with zero attached hydrogens (tertiary/aromatic N) is 3. The fraction of sp³-hybridized carbons (Fsp3) is 0.407. The van der Waals surface area contributed by atoms with Gasteiger partial charge in [0.1, 0.15) is 5.75 Å². The average molecular weight is 549 g/mol. The van der Waals surface area contributed by atoms with E-state index in [9.17, 15) is 21.6 Å². The first-order valence-corrected chi connectivity index (χ1v) is 14.1. The number of sulfonamides is 1. The number of anilines is 2. The molecule has 1 aromatic heterocycles. The van der Waals surface area contributed by atoms with E-state index < -0.39 is 33.7 Å². The zero-order valence-corrected chi connectivity index (χ0v) is 22.5. The van der Waals surface area contributed by atoms with Crippen LogP contribution in [0, 0.1) is 5.92 Å². The molecule has 0 fully saturated rings. The summed E-state index contributed by atoms with van der Waals surface area (Å²) >= 11 is 0. The summed E-state index contributed by atoms with van der Waals surface area (Å²) in [7, 11) is -0.626. The Bertz CT molecular complexity index is 1410. The summed E-state index contributed by atoms with van der Waals surface area (Å²) in [5.74, 6) is 0.0824. The van der Waals surface area contributed by atoms with Crippen LogP contribution in [0.2, 0.25) is 0 Å². The van der Waals surface area contributed by atoms with Gasteiger partial charge in [-0.3, -0.25) is 0 Å². The van der Waals surface area contributed by atoms with Crippen LogP contribution in [0.4, 0.5) is 24.8 Å². The summed E-state index contributed by atoms with van der Waals surface area (Å²) in [6.45, 7) is 2.07. The monoisotopic (exact) mass is 548 g/mol. The highest BCUT2D eigenvalue weighted by molar-refractivity contribution is 7.88. The second-order valence-electron chi connectivity index (χ2n) is 9.55. The molecule has 0 amide bonds. The molecule has 0 radical (unpaired) electrons. The molecule has 1 aliphatic rings. The predicted molar refractivity (Wildman–Crippen MR) is 140 cm³/mol. The predicted octanol–water partition coefficient (Wildman–Crippen LogP) is 5.55. The van der Waals surface area contributed by atoms with E-state index in [1.807, 2.05) is 30.3 Å². The van der Waals surface area contributed by atoms with Crippen molar-refractivity contribution in [3.8, 4) is 5.75 Å². The van der Waals surface area contributed by atoms with Crippen LogP contribution in [0.25, 0.3) is 0 Å². The summed E-state index contributed by atoms with van der Waals surface area (Å²) in [6.07, 6.45) is -0.628. The molecule has 0 bridgehead atoms. The maximum absolute atomic E-state index is 14.0. The number of aryl methyl sites for hydroxylation is 1. The lowest BCUT2D eigenvalue weighted by atomic mass is 9.93. The van der Waals surface area contributed by atoms with E-state index in [0.717, 1.165) is 42.0 Å². The fourth-order valence-corrected chi connectivity index (χ4v) is 5.76. The normalized spacial score (nSPS) is 17.5. The average Bonchev–Trinajstić information content (AvgIpc) is 3.21. The molecule has 11 heteroatoms. The molecule has 7 nitrogen and oxygen atoms in total. The van der Waals surface area contributed by atoms with Gasteiger partial charge < -0.3 is 10.1 Å². The van der Waals surface area contributed by atoms with E-state index in [0.29, 0.717) is 17.9 Å². The third kappa shape index (κ3) is 5.94. The smallest absolute Gasteiger partial charge is 0.419 e. The molecule has 1 aliphatic carbocycles. The molecule has 2 atom stereocenters. The Hall–Kier alpha value is -3.18. The highest BCUT2D eigenvalue weighted by Crippen LogP contribution is 2.43. The third-order valence-corrected chi connectivity index (χ3v) is 8.17. The SMILES string of the molecule is CCCc1ccc(Nc2ncc(C(F)(F)F)c(C[C@@H]3Cc4ccccc4[C@H]3N(C)S(C)(=O)=O)n2)c(OC)c1. The molecule has 38 heavy (non-hydrogen) atoms. The second-order valence-corrected chi connectivity index (χ2v) is 11.6. The molecule has 0 aliphatic heterocycles. The standard InChI is InChI=1S/C27H31F3N4O3S/c1-5-8-17-11-12-22(24(13-17)37-3)32-26-31-16-21(27(28,29)30)23(33-26)15-19-14-18-9-6-7-10-20(18)25(19)34(2)38(4,35)36/h6-7,9-13,16,19,25H,5,8,14-15H2,1-4H3,(H,31,32,33)/t19-,25-/m0/s1. The Morgan fingerprint density at radius 2 is 1.92 bits per heavy atom. The van der Waals surface area contributed by atoms with Crippen molar-refractivity contribution in [2.75, 3.05) is 25.7 Å². The zero-order valence-electron chi connectivity index (χ0n) is 21.7. The van der Waals surface area contributed by atoms with Gasteiger partial charge in [-0.15, -0.1) is 0 Å². The van der Waals surface area contributed by atoms with Crippen molar-refractivity contribution in [1.82, 2.24) is 14.3 Å². The highest BCUT2D eigenvalue weighted by Gasteiger charge is 2.41. The molecule has 204 valence electrons. The number of hydrogen-bond donors (Lipinski definition) is 1. The Morgan fingerprint density at radius 3 is 2.58 bits per heavy atom. The van der Waals surface area contributed by atoms with Gasteiger partial charge in [0, 0.05) is 13.2 Å². The molecule has 4 rings (SSSR count). The maximum atomic E-state index is 14.0. The van der Waals surface area contributed by atoms with Crippen molar-refractivity contribution in [2.45, 2.75) is 44.8 Å². The quantitative estimate of drug-likeness (QED) is 0.378. The fourth-order valence-electron chi connectivity index (χ4n) is 5.06. The van der Waals surface area contributed by atoms with E-state index >= 15 is 0 Å². The zero-order chi connectivity index (χ0) is 27.7. The largest absolute Gasteiger partial charge is 0.495 e. The number of nitrogens with one attached hydrogen (secondary N) is 1. The van der Waals surface area contributed by atoms with Gasteiger partial charge >= 0.3 is 6.18 Å². The van der Waals surface area contributed by atoms with Gasteiger partial charge in [-0.1, -0.05) is 43.7 Å². The Balaban J connectivity index is 1.71. The number of methoxy groups -OCH3 is 1. The van der Waals surface area contributed by atoms with E-state index in [2.05, 4.69) is 22.2 Å². The first-order chi connectivity index (χ1) is 17.9. The van der Waals surface area contributed by atoms with Gasteiger partial charge in [0.2, 0.25) is 16.0 Å². The van der Waals surface area contributed by atoms with E-state index in [1.165, 1.54) is 18.5 Å². The summed E-state index contributed by atoms with van der Waals surface area (Å²) < 4.78 is 73.6. The number of alkyl halides is 3. The minimum Gasteiger partial charge on any atom is -0.495 e. The van der Waals surface area contributed by atoms with Crippen molar-refractivity contribution in [3.05, 3.63) is 76.6 Å². The van der Waals surface area contributed by atoms with Crippen LogP contribution in [-0.4, -0.2) is 43.1 Å². The topological polar surface area (TPSA) is 84.4 Å². The summed E-state index contributed by atoms with van der Waals surface area (Å²) in [6, 6.07) is 12.3. The van der Waals surface area contributed by atoms with Crippen LogP contribution in [0.5, 0.6) is 5.75 Å². The van der Waals surface area contributed by atoms with Crippen molar-refractivity contribution in [2.24, 2.45) is 5.92 Å². The van der Waals surface area contributed by atoms with E-state index in [1.54, 1.807) is 12.1 Å². The Morgan fingerprint density at radius 1 is 1.18 bits per heavy atom. The van der Waals surface area contributed by atoms with Crippen LogP contribution in [-0.2, 0) is 35.5 Å². The number of benzene rings is 2. The van der Waals surface area contributed by atoms with Gasteiger partial charge in [0.25, 0.3) is 0 Å². The van der Waals surface area contributed by atoms with Crippen molar-refractivity contribution in [1.29, 1.82) is 0 Å². The van der Waals surface area contributed by atoms with Gasteiger partial charge in [0.15, 0.2) is 0 Å². The lowest BCUT2D eigenvalue weighted by Crippen LogP contribution is -2.34. The number of rotatable bonds is 9. The van der Waals surface area contributed by atoms with Gasteiger partial charge in [-0.05, 0) is 54.0 Å². The molecule has 0 saturated heterocycles. The molecule has 1 heterocycles. The Kier molecular flexibility index (Phi) is 7.98. The molecular weight excluding hydrogens is 517 g/mol. The number of halogens is 3. The van der Waals surface area contributed by atoms with Crippen LogP contribution < -0.4 is 10.1 Å². The lowest BCUT2D eigenvalue weighted by Gasteiger charge is -2.29. The number of hydrogen-bond acceptors (Lipinski definition) is 6. The summed E-state index contributed by atoms with van der Waals surface area (Å²) in [5, 5.41) is 2.99. The van der Waals surface area contributed by atoms with Crippen LogP contribution in [0.1, 0.15) is 47.3 Å². The van der Waals surface area contributed by atoms with Crippen LogP contribution >= 0.6 is 0 Å². The molecule has 0 saturated carbocycles. The second kappa shape index (κ2) is 10.9. The molecule has 3 aromatic rings. The molecule has 0 unspecified atom stereocenters. The summed E-state index contributed by atoms with van der Waals surface area (Å²) in [4.78, 5) is 8.22. The molecule has 2 aromatic carbocycles. The highest BCUT2D eigenvalue weighted by atomic mass is 32.2. The number of fused-ring (bicyclic) bond motifs is 1. The lowest BCUT2D eigenvalue weighted by molar-refractivity contribution is -0.138. The number of ether oxygens (including phenoxy) is 1. The number of aromatic nitrogens is 2. The van der Waals surface area contributed by atoms with Gasteiger partial charge in [-0.25, -0.2) is 18.4 Å². The van der Waals surface area contributed by atoms with Gasteiger partial charge in [0.05, 0.1) is 36.4 Å². The molecule has 1 N–H and O–H groups in total. The maximum Gasteiger partial charge on any atom is 0.419 e. The minimum absolute atomic E-state index is 0.00179. The van der Waals surface area contributed by atoms with Crippen molar-refractivity contribution < 1.29 is 26.3 Å². The first kappa shape index (κ1) is 27.8. The van der Waals surface area contributed by atoms with Crippen molar-refractivity contribution >= 4 is 21.7 Å². The van der Waals surface area contributed by atoms with Crippen LogP contribution in [0.15, 0.2) is 48.7 Å². The first-order valence-electron chi connectivity index (χ1n) is 12.3. The molecular formula is C27H31F3N4O3S. The third-order valence-electron chi connectivity index (χ3n) is 6.90. The summed E-state index contributed by atoms with van der Waals surface area (Å²) in [5.41, 5.74) is 2.18. The van der Waals surface area contributed by atoms with Crippen LogP contribution in [0.3, 0.4) is 0 Å². The minimum atomic E-state index is -4.67. The Labute approximate surface area is 221 Å². The van der Waals surface area contributed by atoms with Crippen molar-refractivity contribution in [3.63, 3.8) is 0 Å². The molecule has 0 spiro atoms. The van der Waals surface area contributed by atoms with Gasteiger partial charge in [-0.2, -0.15) is 17.5 Å².